The molecule has 3 nitrogen and oxygen atoms in total. The molecule has 5 rings (SSSR count). The van der Waals surface area contributed by atoms with Crippen LogP contribution in [0.25, 0.3) is 44.1 Å². The Balaban J connectivity index is 0.000001000. The Morgan fingerprint density at radius 2 is 0.893 bits per heavy atom. The second-order valence-electron chi connectivity index (χ2n) is 6.31. The van der Waals surface area contributed by atoms with E-state index < -0.39 is 0 Å². The minimum atomic E-state index is 0. The van der Waals surface area contributed by atoms with Crippen molar-refractivity contribution in [2.45, 2.75) is 0 Å². The van der Waals surface area contributed by atoms with Crippen LogP contribution >= 0.6 is 0 Å². The van der Waals surface area contributed by atoms with Gasteiger partial charge in [-0.2, -0.15) is 0 Å². The van der Waals surface area contributed by atoms with Crippen LogP contribution in [0, 0.1) is 0 Å². The van der Waals surface area contributed by atoms with Crippen molar-refractivity contribution in [3.63, 3.8) is 0 Å². The molecule has 3 aromatic carbocycles. The third kappa shape index (κ3) is 3.46. The van der Waals surface area contributed by atoms with Gasteiger partial charge in [0.05, 0.1) is 11.0 Å². The minimum absolute atomic E-state index is 0. The van der Waals surface area contributed by atoms with Crippen molar-refractivity contribution in [1.82, 2.24) is 9.97 Å². The van der Waals surface area contributed by atoms with Crippen LogP contribution in [0.4, 0.5) is 0 Å². The van der Waals surface area contributed by atoms with Crippen LogP contribution in [0.15, 0.2) is 97.3 Å². The molecule has 0 aliphatic carbocycles. The van der Waals surface area contributed by atoms with Gasteiger partial charge in [-0.25, -0.2) is 0 Å². The molecule has 0 fully saturated rings. The van der Waals surface area contributed by atoms with Gasteiger partial charge in [0.2, 0.25) is 0 Å². The zero-order valence-electron chi connectivity index (χ0n) is 16.6. The molecular weight excluding hydrogens is 355 g/mol. The molecule has 0 bridgehead atoms. The fraction of sp³-hybridized carbons (Fsp3) is 0. The van der Waals surface area contributed by atoms with E-state index in [4.69, 9.17) is 0 Å². The molecule has 0 saturated heterocycles. The van der Waals surface area contributed by atoms with Gasteiger partial charge in [-0.1, -0.05) is 72.8 Å². The topological polar surface area (TPSA) is 57.3 Å². The number of aromatic nitrogens is 2. The van der Waals surface area contributed by atoms with Crippen LogP contribution in [0.3, 0.4) is 0 Å². The van der Waals surface area contributed by atoms with Gasteiger partial charge in [0.1, 0.15) is 0 Å². The van der Waals surface area contributed by atoms with Crippen molar-refractivity contribution in [2.75, 3.05) is 0 Å². The second-order valence-corrected chi connectivity index (χ2v) is 6.31. The van der Waals surface area contributed by atoms with Crippen LogP contribution < -0.4 is 29.6 Å². The van der Waals surface area contributed by atoms with E-state index in [1.165, 1.54) is 22.3 Å². The van der Waals surface area contributed by atoms with Crippen molar-refractivity contribution >= 4 is 21.8 Å². The number of pyridine rings is 2. The molecule has 28 heavy (non-hydrogen) atoms. The summed E-state index contributed by atoms with van der Waals surface area (Å²) in [6.07, 6.45) is 3.75. The van der Waals surface area contributed by atoms with Crippen LogP contribution in [0.2, 0.25) is 0 Å². The molecule has 0 radical (unpaired) electrons. The first-order chi connectivity index (χ1) is 12.9. The first-order valence-corrected chi connectivity index (χ1v) is 8.69. The smallest absolute Gasteiger partial charge is 1.00 e. The van der Waals surface area contributed by atoms with Crippen molar-refractivity contribution in [3.05, 3.63) is 97.3 Å². The summed E-state index contributed by atoms with van der Waals surface area (Å²) >= 11 is 0. The van der Waals surface area contributed by atoms with E-state index >= 15 is 0 Å². The number of fused-ring (bicyclic) bond motifs is 3. The van der Waals surface area contributed by atoms with E-state index in [-0.39, 0.29) is 36.5 Å². The van der Waals surface area contributed by atoms with E-state index in [0.29, 0.717) is 0 Å². The third-order valence-corrected chi connectivity index (χ3v) is 4.79. The molecule has 0 aliphatic rings. The molecule has 5 aromatic rings. The standard InChI is InChI=1S/C24H16N2.Na.H2O.H/c1-3-7-17(8-4-1)19-13-15-25-23-21(19)11-12-22-20(14-16-26-24(22)23)18-9-5-2-6-10-18;;;/h1-16H;;1H2;/q;+1;;-1. The molecule has 4 heteroatoms. The maximum atomic E-state index is 4.67. The van der Waals surface area contributed by atoms with Gasteiger partial charge in [-0.05, 0) is 34.4 Å². The predicted octanol–water partition coefficient (Wildman–Crippen LogP) is 2.41. The summed E-state index contributed by atoms with van der Waals surface area (Å²) in [7, 11) is 0. The van der Waals surface area contributed by atoms with Crippen molar-refractivity contribution in [2.24, 2.45) is 0 Å². The summed E-state index contributed by atoms with van der Waals surface area (Å²) in [6.45, 7) is 0. The molecular formula is C24H19N2NaO. The summed E-state index contributed by atoms with van der Waals surface area (Å²) < 4.78 is 0. The van der Waals surface area contributed by atoms with E-state index in [0.717, 1.165) is 21.8 Å². The Morgan fingerprint density at radius 3 is 1.29 bits per heavy atom. The fourth-order valence-electron chi connectivity index (χ4n) is 3.57. The average Bonchev–Trinajstić information content (AvgIpc) is 2.74. The van der Waals surface area contributed by atoms with Gasteiger partial charge < -0.3 is 6.90 Å². The zero-order chi connectivity index (χ0) is 17.3. The SMILES string of the molecule is O.[H-].[Na+].c1ccc(-c2ccnc3c2ccc2c(-c4ccccc4)ccnc23)cc1. The Kier molecular flexibility index (Phi) is 6.22. The quantitative estimate of drug-likeness (QED) is 0.352. The molecule has 2 heterocycles. The molecule has 0 saturated carbocycles. The maximum absolute atomic E-state index is 4.67. The second kappa shape index (κ2) is 8.63. The van der Waals surface area contributed by atoms with Crippen LogP contribution in [-0.4, -0.2) is 15.4 Å². The Morgan fingerprint density at radius 1 is 0.500 bits per heavy atom. The van der Waals surface area contributed by atoms with Crippen LogP contribution in [-0.2, 0) is 0 Å². The first-order valence-electron chi connectivity index (χ1n) is 8.69. The summed E-state index contributed by atoms with van der Waals surface area (Å²) in [5.74, 6) is 0. The molecule has 0 spiro atoms. The summed E-state index contributed by atoms with van der Waals surface area (Å²) in [4.78, 5) is 9.34. The zero-order valence-corrected chi connectivity index (χ0v) is 17.6. The number of nitrogens with zero attached hydrogens (tertiary/aromatic N) is 2. The largest absolute Gasteiger partial charge is 1.00 e. The van der Waals surface area contributed by atoms with Crippen molar-refractivity contribution < 1.29 is 36.5 Å². The molecule has 0 atom stereocenters. The first kappa shape index (κ1) is 20.2. The number of hydrogen-bond donors (Lipinski definition) is 0. The molecule has 132 valence electrons. The van der Waals surface area contributed by atoms with Gasteiger partial charge in [0, 0.05) is 23.2 Å². The van der Waals surface area contributed by atoms with Gasteiger partial charge in [-0.3, -0.25) is 9.97 Å². The van der Waals surface area contributed by atoms with Crippen molar-refractivity contribution in [1.29, 1.82) is 0 Å². The van der Waals surface area contributed by atoms with Gasteiger partial charge in [0.15, 0.2) is 0 Å². The average molecular weight is 374 g/mol. The normalized spacial score (nSPS) is 10.3. The molecule has 0 amide bonds. The fourth-order valence-corrected chi connectivity index (χ4v) is 3.57. The van der Waals surface area contributed by atoms with E-state index in [1.807, 2.05) is 24.5 Å². The van der Waals surface area contributed by atoms with Gasteiger partial charge >= 0.3 is 29.6 Å². The Labute approximate surface area is 187 Å². The summed E-state index contributed by atoms with van der Waals surface area (Å²) in [5, 5.41) is 2.26. The number of hydrogen-bond acceptors (Lipinski definition) is 2. The molecule has 0 unspecified atom stereocenters. The van der Waals surface area contributed by atoms with E-state index in [1.54, 1.807) is 0 Å². The summed E-state index contributed by atoms with van der Waals surface area (Å²) in [5.41, 5.74) is 6.65. The number of rotatable bonds is 2. The van der Waals surface area contributed by atoms with Crippen molar-refractivity contribution in [3.8, 4) is 22.3 Å². The molecule has 2 aromatic heterocycles. The number of benzene rings is 3. The molecule has 0 aliphatic heterocycles. The van der Waals surface area contributed by atoms with E-state index in [9.17, 15) is 0 Å². The van der Waals surface area contributed by atoms with Crippen LogP contribution in [0.5, 0.6) is 0 Å². The molecule has 2 N–H and O–H groups in total. The third-order valence-electron chi connectivity index (χ3n) is 4.79. The maximum Gasteiger partial charge on any atom is 1.00 e. The van der Waals surface area contributed by atoms with Crippen LogP contribution in [0.1, 0.15) is 1.43 Å². The Bertz CT molecular complexity index is 1130. The summed E-state index contributed by atoms with van der Waals surface area (Å²) in [6, 6.07) is 29.3. The minimum Gasteiger partial charge on any atom is -1.00 e. The predicted molar refractivity (Wildman–Crippen MR) is 113 cm³/mol. The Hall–Kier alpha value is -2.56. The van der Waals surface area contributed by atoms with Gasteiger partial charge in [-0.15, -0.1) is 0 Å². The monoisotopic (exact) mass is 374 g/mol. The van der Waals surface area contributed by atoms with E-state index in [2.05, 4.69) is 82.8 Å². The van der Waals surface area contributed by atoms with Gasteiger partial charge in [0.25, 0.3) is 0 Å².